The maximum Gasteiger partial charge on any atom is 0.292 e. The van der Waals surface area contributed by atoms with Crippen LogP contribution in [0.25, 0.3) is 10.9 Å². The van der Waals surface area contributed by atoms with Crippen molar-refractivity contribution in [2.75, 3.05) is 6.54 Å². The smallest absolute Gasteiger partial charge is 0.292 e. The van der Waals surface area contributed by atoms with Crippen LogP contribution in [0.2, 0.25) is 0 Å². The summed E-state index contributed by atoms with van der Waals surface area (Å²) in [6, 6.07) is 7.41. The molecule has 0 saturated heterocycles. The highest BCUT2D eigenvalue weighted by atomic mass is 32.1. The molecule has 1 amide bonds. The van der Waals surface area contributed by atoms with Crippen LogP contribution in [0, 0.1) is 0 Å². The van der Waals surface area contributed by atoms with E-state index in [0.29, 0.717) is 18.5 Å². The number of thiazole rings is 1. The highest BCUT2D eigenvalue weighted by molar-refractivity contribution is 7.09. The molecule has 3 aromatic rings. The van der Waals surface area contributed by atoms with Gasteiger partial charge in [0.15, 0.2) is 0 Å². The fraction of sp³-hybridized carbons (Fsp3) is 0.133. The Bertz CT molecular complexity index is 777. The number of carbonyl (C=O) groups excluding carboxylic acids is 2. The van der Waals surface area contributed by atoms with Crippen LogP contribution >= 0.6 is 11.3 Å². The van der Waals surface area contributed by atoms with Crippen molar-refractivity contribution in [3.8, 4) is 0 Å². The monoisotopic (exact) mass is 299 g/mol. The number of carbonyl (C=O) groups is 2. The minimum absolute atomic E-state index is 0.400. The fourth-order valence-corrected chi connectivity index (χ4v) is 2.74. The third-order valence-corrected chi connectivity index (χ3v) is 3.99. The molecule has 5 nitrogen and oxygen atoms in total. The molecule has 106 valence electrons. The molecule has 3 rings (SSSR count). The second-order valence-electron chi connectivity index (χ2n) is 4.51. The molecule has 2 heterocycles. The average molecular weight is 299 g/mol. The Morgan fingerprint density at radius 3 is 2.95 bits per heavy atom. The summed E-state index contributed by atoms with van der Waals surface area (Å²) in [7, 11) is 0. The Kier molecular flexibility index (Phi) is 3.79. The van der Waals surface area contributed by atoms with E-state index >= 15 is 0 Å². The molecule has 0 atom stereocenters. The number of aromatic nitrogens is 2. The Balaban J connectivity index is 1.65. The van der Waals surface area contributed by atoms with Crippen molar-refractivity contribution in [2.24, 2.45) is 0 Å². The van der Waals surface area contributed by atoms with Gasteiger partial charge < -0.3 is 10.3 Å². The number of hydrogen-bond acceptors (Lipinski definition) is 4. The summed E-state index contributed by atoms with van der Waals surface area (Å²) in [4.78, 5) is 31.2. The van der Waals surface area contributed by atoms with Crippen molar-refractivity contribution >= 4 is 33.9 Å². The van der Waals surface area contributed by atoms with Gasteiger partial charge in [0.1, 0.15) is 0 Å². The average Bonchev–Trinajstić information content (AvgIpc) is 3.15. The van der Waals surface area contributed by atoms with Crippen LogP contribution < -0.4 is 5.32 Å². The lowest BCUT2D eigenvalue weighted by atomic mass is 10.1. The summed E-state index contributed by atoms with van der Waals surface area (Å²) in [5.41, 5.74) is 1.24. The summed E-state index contributed by atoms with van der Waals surface area (Å²) >= 11 is 1.53. The second-order valence-corrected chi connectivity index (χ2v) is 5.49. The molecule has 0 fully saturated rings. The third-order valence-electron chi connectivity index (χ3n) is 3.15. The first-order chi connectivity index (χ1) is 10.3. The Hall–Kier alpha value is -2.47. The van der Waals surface area contributed by atoms with E-state index in [4.69, 9.17) is 0 Å². The molecule has 0 unspecified atom stereocenters. The zero-order chi connectivity index (χ0) is 14.7. The van der Waals surface area contributed by atoms with Gasteiger partial charge in [-0.1, -0.05) is 18.2 Å². The van der Waals surface area contributed by atoms with Gasteiger partial charge >= 0.3 is 0 Å². The molecule has 2 N–H and O–H groups in total. The van der Waals surface area contributed by atoms with E-state index in [9.17, 15) is 9.59 Å². The molecule has 1 aromatic carbocycles. The lowest BCUT2D eigenvalue weighted by Crippen LogP contribution is -2.32. The van der Waals surface area contributed by atoms with Crippen molar-refractivity contribution in [1.29, 1.82) is 0 Å². The first-order valence-corrected chi connectivity index (χ1v) is 7.40. The molecule has 21 heavy (non-hydrogen) atoms. The summed E-state index contributed by atoms with van der Waals surface area (Å²) in [5, 5.41) is 6.22. The highest BCUT2D eigenvalue weighted by Crippen LogP contribution is 2.18. The molecule has 0 bridgehead atoms. The van der Waals surface area contributed by atoms with Crippen molar-refractivity contribution < 1.29 is 9.59 Å². The molecular weight excluding hydrogens is 286 g/mol. The number of fused-ring (bicyclic) bond motifs is 1. The van der Waals surface area contributed by atoms with E-state index in [-0.39, 0.29) is 0 Å². The molecule has 0 spiro atoms. The number of benzene rings is 1. The van der Waals surface area contributed by atoms with Crippen LogP contribution in [-0.2, 0) is 11.2 Å². The zero-order valence-electron chi connectivity index (χ0n) is 11.1. The van der Waals surface area contributed by atoms with E-state index in [1.807, 2.05) is 29.6 Å². The minimum atomic E-state index is -0.587. The number of rotatable bonds is 5. The van der Waals surface area contributed by atoms with E-state index in [1.165, 1.54) is 11.3 Å². The number of amides is 1. The molecule has 0 radical (unpaired) electrons. The number of nitrogens with one attached hydrogen (secondary N) is 2. The van der Waals surface area contributed by atoms with Gasteiger partial charge in [0, 0.05) is 41.6 Å². The van der Waals surface area contributed by atoms with Crippen LogP contribution in [0.1, 0.15) is 15.4 Å². The number of ketones is 1. The van der Waals surface area contributed by atoms with E-state index in [1.54, 1.807) is 12.4 Å². The predicted octanol–water partition coefficient (Wildman–Crippen LogP) is 2.17. The van der Waals surface area contributed by atoms with Crippen molar-refractivity contribution in [3.05, 3.63) is 52.6 Å². The van der Waals surface area contributed by atoms with Gasteiger partial charge in [0.25, 0.3) is 11.7 Å². The van der Waals surface area contributed by atoms with Crippen LogP contribution in [-0.4, -0.2) is 28.2 Å². The summed E-state index contributed by atoms with van der Waals surface area (Å²) in [5.74, 6) is -1.11. The normalized spacial score (nSPS) is 10.7. The number of aromatic amines is 1. The standard InChI is InChI=1S/C15H13N3O2S/c19-14(11-9-18-12-4-2-1-3-10(11)12)15(20)17-6-5-13-16-7-8-21-13/h1-4,7-9,18H,5-6H2,(H,17,20). The number of para-hydroxylation sites is 1. The summed E-state index contributed by atoms with van der Waals surface area (Å²) < 4.78 is 0. The minimum Gasteiger partial charge on any atom is -0.360 e. The number of hydrogen-bond donors (Lipinski definition) is 2. The van der Waals surface area contributed by atoms with Crippen LogP contribution in [0.15, 0.2) is 42.0 Å². The maximum absolute atomic E-state index is 12.2. The van der Waals surface area contributed by atoms with Gasteiger partial charge in [-0.05, 0) is 6.07 Å². The molecule has 0 saturated carbocycles. The highest BCUT2D eigenvalue weighted by Gasteiger charge is 2.19. The van der Waals surface area contributed by atoms with Gasteiger partial charge in [-0.2, -0.15) is 0 Å². The Morgan fingerprint density at radius 1 is 1.29 bits per heavy atom. The van der Waals surface area contributed by atoms with Gasteiger partial charge in [0.05, 0.1) is 10.6 Å². The molecule has 2 aromatic heterocycles. The molecule has 0 aliphatic carbocycles. The topological polar surface area (TPSA) is 74.8 Å². The fourth-order valence-electron chi connectivity index (χ4n) is 2.12. The van der Waals surface area contributed by atoms with Crippen LogP contribution in [0.4, 0.5) is 0 Å². The van der Waals surface area contributed by atoms with E-state index < -0.39 is 11.7 Å². The Labute approximate surface area is 125 Å². The lowest BCUT2D eigenvalue weighted by Gasteiger charge is -2.02. The number of nitrogens with zero attached hydrogens (tertiary/aromatic N) is 1. The molecule has 0 aliphatic heterocycles. The van der Waals surface area contributed by atoms with E-state index in [0.717, 1.165) is 15.9 Å². The van der Waals surface area contributed by atoms with Gasteiger partial charge in [-0.25, -0.2) is 4.98 Å². The van der Waals surface area contributed by atoms with E-state index in [2.05, 4.69) is 15.3 Å². The number of Topliss-reactive ketones (excluding diaryl/α,β-unsaturated/α-hetero) is 1. The second kappa shape index (κ2) is 5.88. The first-order valence-electron chi connectivity index (χ1n) is 6.53. The largest absolute Gasteiger partial charge is 0.360 e. The lowest BCUT2D eigenvalue weighted by molar-refractivity contribution is -0.116. The summed E-state index contributed by atoms with van der Waals surface area (Å²) in [6.45, 7) is 0.403. The van der Waals surface area contributed by atoms with Crippen LogP contribution in [0.5, 0.6) is 0 Å². The number of H-pyrrole nitrogens is 1. The Morgan fingerprint density at radius 2 is 2.14 bits per heavy atom. The van der Waals surface area contributed by atoms with Crippen molar-refractivity contribution in [2.45, 2.75) is 6.42 Å². The molecule has 6 heteroatoms. The molecular formula is C15H13N3O2S. The SMILES string of the molecule is O=C(NCCc1nccs1)C(=O)c1c[nH]c2ccccc12. The molecule has 0 aliphatic rings. The van der Waals surface area contributed by atoms with Gasteiger partial charge in [0.2, 0.25) is 0 Å². The van der Waals surface area contributed by atoms with Crippen LogP contribution in [0.3, 0.4) is 0 Å². The van der Waals surface area contributed by atoms with Crippen molar-refractivity contribution in [3.63, 3.8) is 0 Å². The first kappa shape index (κ1) is 13.5. The predicted molar refractivity (Wildman–Crippen MR) is 81.5 cm³/mol. The zero-order valence-corrected chi connectivity index (χ0v) is 11.9. The maximum atomic E-state index is 12.2. The van der Waals surface area contributed by atoms with Gasteiger partial charge in [-0.15, -0.1) is 11.3 Å². The third kappa shape index (κ3) is 2.85. The quantitative estimate of drug-likeness (QED) is 0.560. The van der Waals surface area contributed by atoms with Gasteiger partial charge in [-0.3, -0.25) is 9.59 Å². The summed E-state index contributed by atoms with van der Waals surface area (Å²) in [6.07, 6.45) is 3.93. The van der Waals surface area contributed by atoms with Crippen molar-refractivity contribution in [1.82, 2.24) is 15.3 Å².